The van der Waals surface area contributed by atoms with Crippen LogP contribution in [0.5, 0.6) is 0 Å². The van der Waals surface area contributed by atoms with Crippen LogP contribution in [0.2, 0.25) is 0 Å². The Labute approximate surface area is 133 Å². The minimum atomic E-state index is 0.129. The fourth-order valence-corrected chi connectivity index (χ4v) is 4.01. The van der Waals surface area contributed by atoms with Gasteiger partial charge in [0.1, 0.15) is 0 Å². The standard InChI is InChI=1S/C19H39NO/c1-4-6-7-8-9-10-12-15-18(20-3)19(21-5-2)16-13-11-14-17-19/h18,20H,4-17H2,1-3H3. The Bertz CT molecular complexity index is 230. The average molecular weight is 298 g/mol. The third-order valence-corrected chi connectivity index (χ3v) is 5.21. The zero-order valence-corrected chi connectivity index (χ0v) is 14.9. The van der Waals surface area contributed by atoms with Crippen molar-refractivity contribution in [2.45, 2.75) is 109 Å². The summed E-state index contributed by atoms with van der Waals surface area (Å²) in [6.45, 7) is 5.29. The zero-order valence-electron chi connectivity index (χ0n) is 14.9. The molecule has 0 aromatic heterocycles. The number of hydrogen-bond acceptors (Lipinski definition) is 2. The molecule has 1 rings (SSSR count). The Balaban J connectivity index is 2.30. The summed E-state index contributed by atoms with van der Waals surface area (Å²) in [5.41, 5.74) is 0.129. The van der Waals surface area contributed by atoms with Crippen molar-refractivity contribution < 1.29 is 4.74 Å². The van der Waals surface area contributed by atoms with E-state index >= 15 is 0 Å². The number of hydrogen-bond donors (Lipinski definition) is 1. The predicted octanol–water partition coefficient (Wildman–Crippen LogP) is 5.45. The second-order valence-corrected chi connectivity index (χ2v) is 6.81. The smallest absolute Gasteiger partial charge is 0.0834 e. The van der Waals surface area contributed by atoms with Gasteiger partial charge in [0.15, 0.2) is 0 Å². The molecule has 1 saturated carbocycles. The lowest BCUT2D eigenvalue weighted by atomic mass is 9.77. The van der Waals surface area contributed by atoms with E-state index in [1.165, 1.54) is 83.5 Å². The maximum atomic E-state index is 6.27. The molecule has 2 nitrogen and oxygen atoms in total. The first-order valence-electron chi connectivity index (χ1n) is 9.60. The Kier molecular flexibility index (Phi) is 10.4. The number of rotatable bonds is 12. The van der Waals surface area contributed by atoms with Crippen LogP contribution >= 0.6 is 0 Å². The van der Waals surface area contributed by atoms with Crippen LogP contribution in [-0.4, -0.2) is 25.3 Å². The van der Waals surface area contributed by atoms with Gasteiger partial charge in [0.05, 0.1) is 5.60 Å². The third kappa shape index (κ3) is 6.69. The van der Waals surface area contributed by atoms with Crippen molar-refractivity contribution in [2.75, 3.05) is 13.7 Å². The quantitative estimate of drug-likeness (QED) is 0.483. The van der Waals surface area contributed by atoms with Crippen LogP contribution in [0.15, 0.2) is 0 Å². The summed E-state index contributed by atoms with van der Waals surface area (Å²) < 4.78 is 6.27. The van der Waals surface area contributed by atoms with Gasteiger partial charge >= 0.3 is 0 Å². The highest BCUT2D eigenvalue weighted by Crippen LogP contribution is 2.36. The number of ether oxygens (including phenoxy) is 1. The molecule has 0 aromatic carbocycles. The molecule has 0 bridgehead atoms. The highest BCUT2D eigenvalue weighted by Gasteiger charge is 2.39. The van der Waals surface area contributed by atoms with Crippen LogP contribution in [-0.2, 0) is 4.74 Å². The first kappa shape index (κ1) is 19.0. The Morgan fingerprint density at radius 2 is 1.52 bits per heavy atom. The molecule has 1 atom stereocenters. The molecule has 21 heavy (non-hydrogen) atoms. The normalized spacial score (nSPS) is 19.6. The van der Waals surface area contributed by atoms with E-state index in [1.54, 1.807) is 0 Å². The summed E-state index contributed by atoms with van der Waals surface area (Å²) in [7, 11) is 2.13. The fraction of sp³-hybridized carbons (Fsp3) is 1.00. The van der Waals surface area contributed by atoms with Gasteiger partial charge in [-0.25, -0.2) is 0 Å². The number of nitrogens with one attached hydrogen (secondary N) is 1. The van der Waals surface area contributed by atoms with E-state index in [-0.39, 0.29) is 5.60 Å². The van der Waals surface area contributed by atoms with Crippen molar-refractivity contribution in [1.29, 1.82) is 0 Å². The van der Waals surface area contributed by atoms with Crippen molar-refractivity contribution in [3.8, 4) is 0 Å². The molecule has 0 spiro atoms. The molecule has 1 unspecified atom stereocenters. The minimum absolute atomic E-state index is 0.129. The monoisotopic (exact) mass is 297 g/mol. The van der Waals surface area contributed by atoms with Gasteiger partial charge in [0.25, 0.3) is 0 Å². The molecule has 1 aliphatic rings. The van der Waals surface area contributed by atoms with E-state index < -0.39 is 0 Å². The lowest BCUT2D eigenvalue weighted by Gasteiger charge is -2.43. The van der Waals surface area contributed by atoms with Crippen LogP contribution in [0.3, 0.4) is 0 Å². The van der Waals surface area contributed by atoms with Crippen LogP contribution in [0, 0.1) is 0 Å². The fourth-order valence-electron chi connectivity index (χ4n) is 4.01. The van der Waals surface area contributed by atoms with Gasteiger partial charge < -0.3 is 10.1 Å². The van der Waals surface area contributed by atoms with Gasteiger partial charge in [-0.2, -0.15) is 0 Å². The molecule has 0 amide bonds. The first-order chi connectivity index (χ1) is 10.3. The molecule has 0 aromatic rings. The maximum Gasteiger partial charge on any atom is 0.0834 e. The van der Waals surface area contributed by atoms with Gasteiger partial charge in [0, 0.05) is 12.6 Å². The van der Waals surface area contributed by atoms with Gasteiger partial charge in [-0.15, -0.1) is 0 Å². The average Bonchev–Trinajstić information content (AvgIpc) is 2.51. The lowest BCUT2D eigenvalue weighted by Crippen LogP contribution is -2.52. The topological polar surface area (TPSA) is 21.3 Å². The van der Waals surface area contributed by atoms with E-state index in [0.717, 1.165) is 6.61 Å². The first-order valence-corrected chi connectivity index (χ1v) is 9.60. The SMILES string of the molecule is CCCCCCCCCC(NC)C1(OCC)CCCCC1. The summed E-state index contributed by atoms with van der Waals surface area (Å²) in [6, 6.07) is 0.549. The van der Waals surface area contributed by atoms with E-state index in [2.05, 4.69) is 26.2 Å². The molecule has 126 valence electrons. The summed E-state index contributed by atoms with van der Waals surface area (Å²) in [5.74, 6) is 0. The van der Waals surface area contributed by atoms with E-state index in [1.807, 2.05) is 0 Å². The molecule has 2 heteroatoms. The van der Waals surface area contributed by atoms with Crippen LogP contribution in [0.4, 0.5) is 0 Å². The van der Waals surface area contributed by atoms with E-state index in [9.17, 15) is 0 Å². The third-order valence-electron chi connectivity index (χ3n) is 5.21. The second-order valence-electron chi connectivity index (χ2n) is 6.81. The number of unbranched alkanes of at least 4 members (excludes halogenated alkanes) is 6. The van der Waals surface area contributed by atoms with Gasteiger partial charge in [0.2, 0.25) is 0 Å². The summed E-state index contributed by atoms with van der Waals surface area (Å²) in [5, 5.41) is 3.58. The van der Waals surface area contributed by atoms with Gasteiger partial charge in [-0.05, 0) is 33.2 Å². The molecule has 1 aliphatic carbocycles. The maximum absolute atomic E-state index is 6.27. The highest BCUT2D eigenvalue weighted by molar-refractivity contribution is 4.95. The Morgan fingerprint density at radius 3 is 2.10 bits per heavy atom. The van der Waals surface area contributed by atoms with Crippen molar-refractivity contribution >= 4 is 0 Å². The largest absolute Gasteiger partial charge is 0.374 e. The second kappa shape index (κ2) is 11.5. The van der Waals surface area contributed by atoms with Crippen LogP contribution < -0.4 is 5.32 Å². The van der Waals surface area contributed by atoms with Crippen LogP contribution in [0.25, 0.3) is 0 Å². The molecule has 0 aliphatic heterocycles. The van der Waals surface area contributed by atoms with E-state index in [4.69, 9.17) is 4.74 Å². The Morgan fingerprint density at radius 1 is 0.905 bits per heavy atom. The van der Waals surface area contributed by atoms with Crippen LogP contribution in [0.1, 0.15) is 97.3 Å². The Hall–Kier alpha value is -0.0800. The number of likely N-dealkylation sites (N-methyl/N-ethyl adjacent to an activating group) is 1. The van der Waals surface area contributed by atoms with Gasteiger partial charge in [-0.3, -0.25) is 0 Å². The molecule has 1 fully saturated rings. The van der Waals surface area contributed by atoms with E-state index in [0.29, 0.717) is 6.04 Å². The molecule has 0 saturated heterocycles. The summed E-state index contributed by atoms with van der Waals surface area (Å²) in [4.78, 5) is 0. The zero-order chi connectivity index (χ0) is 15.4. The van der Waals surface area contributed by atoms with Crippen molar-refractivity contribution in [1.82, 2.24) is 5.32 Å². The highest BCUT2D eigenvalue weighted by atomic mass is 16.5. The molecule has 0 radical (unpaired) electrons. The summed E-state index contributed by atoms with van der Waals surface area (Å²) in [6.07, 6.45) is 17.6. The molecular formula is C19H39NO. The molecule has 1 N–H and O–H groups in total. The molecule has 0 heterocycles. The van der Waals surface area contributed by atoms with Gasteiger partial charge in [-0.1, -0.05) is 71.1 Å². The van der Waals surface area contributed by atoms with Crippen molar-refractivity contribution in [3.63, 3.8) is 0 Å². The minimum Gasteiger partial charge on any atom is -0.374 e. The predicted molar refractivity (Wildman–Crippen MR) is 92.9 cm³/mol. The summed E-state index contributed by atoms with van der Waals surface area (Å²) >= 11 is 0. The lowest BCUT2D eigenvalue weighted by molar-refractivity contribution is -0.0904. The van der Waals surface area contributed by atoms with Crippen molar-refractivity contribution in [3.05, 3.63) is 0 Å². The van der Waals surface area contributed by atoms with Crippen molar-refractivity contribution in [2.24, 2.45) is 0 Å². The molecular weight excluding hydrogens is 258 g/mol.